The molecule has 3 atom stereocenters. The summed E-state index contributed by atoms with van der Waals surface area (Å²) in [6.07, 6.45) is 0. The van der Waals surface area contributed by atoms with Crippen LogP contribution < -0.4 is 5.32 Å². The summed E-state index contributed by atoms with van der Waals surface area (Å²) >= 11 is 0. The Bertz CT molecular complexity index is 237. The summed E-state index contributed by atoms with van der Waals surface area (Å²) in [7, 11) is 0. The Morgan fingerprint density at radius 1 is 1.54 bits per heavy atom. The van der Waals surface area contributed by atoms with E-state index in [1.165, 1.54) is 0 Å². The first kappa shape index (κ1) is 10.0. The third-order valence-corrected chi connectivity index (χ3v) is 2.65. The smallest absolute Gasteiger partial charge is 0.316 e. The highest BCUT2D eigenvalue weighted by atomic mass is 16.4. The first-order valence-electron chi connectivity index (χ1n) is 4.48. The van der Waals surface area contributed by atoms with Crippen molar-refractivity contribution in [1.29, 1.82) is 0 Å². The van der Waals surface area contributed by atoms with Crippen LogP contribution in [0.5, 0.6) is 0 Å². The summed E-state index contributed by atoms with van der Waals surface area (Å²) in [6, 6.07) is -0.0337. The molecule has 4 heteroatoms. The van der Waals surface area contributed by atoms with Crippen molar-refractivity contribution in [2.75, 3.05) is 0 Å². The fraction of sp³-hybridized carbons (Fsp3) is 0.778. The predicted molar refractivity (Wildman–Crippen MR) is 47.1 cm³/mol. The molecule has 0 radical (unpaired) electrons. The molecule has 1 aliphatic heterocycles. The highest BCUT2D eigenvalue weighted by Gasteiger charge is 2.45. The second-order valence-corrected chi connectivity index (χ2v) is 3.93. The third kappa shape index (κ3) is 1.66. The molecule has 3 unspecified atom stereocenters. The molecule has 13 heavy (non-hydrogen) atoms. The van der Waals surface area contributed by atoms with Gasteiger partial charge in [-0.2, -0.15) is 0 Å². The normalized spacial score (nSPS) is 33.5. The SMILES string of the molecule is CC(C)C1C(C)NC(=O)C1C(=O)O. The first-order valence-corrected chi connectivity index (χ1v) is 4.48. The maximum atomic E-state index is 11.2. The second-order valence-electron chi connectivity index (χ2n) is 3.93. The van der Waals surface area contributed by atoms with Crippen LogP contribution in [0.4, 0.5) is 0 Å². The summed E-state index contributed by atoms with van der Waals surface area (Å²) in [5.41, 5.74) is 0. The molecule has 0 saturated carbocycles. The van der Waals surface area contributed by atoms with Crippen LogP contribution >= 0.6 is 0 Å². The van der Waals surface area contributed by atoms with Gasteiger partial charge in [0.25, 0.3) is 0 Å². The molecule has 1 rings (SSSR count). The van der Waals surface area contributed by atoms with Gasteiger partial charge in [-0.1, -0.05) is 13.8 Å². The van der Waals surface area contributed by atoms with Crippen molar-refractivity contribution in [3.63, 3.8) is 0 Å². The zero-order valence-electron chi connectivity index (χ0n) is 8.07. The molecule has 1 saturated heterocycles. The molecular formula is C9H15NO3. The summed E-state index contributed by atoms with van der Waals surface area (Å²) in [6.45, 7) is 5.74. The fourth-order valence-electron chi connectivity index (χ4n) is 2.11. The molecule has 0 bridgehead atoms. The monoisotopic (exact) mass is 185 g/mol. The van der Waals surface area contributed by atoms with Gasteiger partial charge in [-0.15, -0.1) is 0 Å². The van der Waals surface area contributed by atoms with Gasteiger partial charge in [-0.05, 0) is 12.8 Å². The lowest BCUT2D eigenvalue weighted by Gasteiger charge is -2.21. The number of nitrogens with one attached hydrogen (secondary N) is 1. The molecule has 1 aliphatic rings. The molecule has 0 aromatic carbocycles. The lowest BCUT2D eigenvalue weighted by molar-refractivity contribution is -0.147. The highest BCUT2D eigenvalue weighted by Crippen LogP contribution is 2.30. The van der Waals surface area contributed by atoms with E-state index in [4.69, 9.17) is 5.11 Å². The molecule has 74 valence electrons. The predicted octanol–water partition coefficient (Wildman–Crippen LogP) is 0.478. The Morgan fingerprint density at radius 3 is 2.38 bits per heavy atom. The number of aliphatic carboxylic acids is 1. The number of carbonyl (C=O) groups is 2. The Kier molecular flexibility index (Phi) is 2.59. The average molecular weight is 185 g/mol. The van der Waals surface area contributed by atoms with Crippen molar-refractivity contribution in [2.45, 2.75) is 26.8 Å². The van der Waals surface area contributed by atoms with E-state index >= 15 is 0 Å². The van der Waals surface area contributed by atoms with Gasteiger partial charge in [0.1, 0.15) is 5.92 Å². The standard InChI is InChI=1S/C9H15NO3/c1-4(2)6-5(3)10-8(11)7(6)9(12)13/h4-7H,1-3H3,(H,10,11)(H,12,13). The van der Waals surface area contributed by atoms with Crippen molar-refractivity contribution >= 4 is 11.9 Å². The highest BCUT2D eigenvalue weighted by molar-refractivity contribution is 5.99. The Balaban J connectivity index is 2.90. The summed E-state index contributed by atoms with van der Waals surface area (Å²) < 4.78 is 0. The molecular weight excluding hydrogens is 170 g/mol. The first-order chi connectivity index (χ1) is 5.95. The van der Waals surface area contributed by atoms with Crippen LogP contribution in [0.15, 0.2) is 0 Å². The van der Waals surface area contributed by atoms with Crippen molar-refractivity contribution in [3.8, 4) is 0 Å². The van der Waals surface area contributed by atoms with Crippen molar-refractivity contribution in [3.05, 3.63) is 0 Å². The summed E-state index contributed by atoms with van der Waals surface area (Å²) in [5.74, 6) is -2.12. The van der Waals surface area contributed by atoms with Gasteiger partial charge in [-0.3, -0.25) is 9.59 Å². The number of amides is 1. The number of hydrogen-bond donors (Lipinski definition) is 2. The van der Waals surface area contributed by atoms with Crippen LogP contribution in [0, 0.1) is 17.8 Å². The van der Waals surface area contributed by atoms with E-state index in [0.29, 0.717) is 0 Å². The lowest BCUT2D eigenvalue weighted by Crippen LogP contribution is -2.30. The minimum Gasteiger partial charge on any atom is -0.481 e. The van der Waals surface area contributed by atoms with E-state index in [1.54, 1.807) is 0 Å². The van der Waals surface area contributed by atoms with Gasteiger partial charge >= 0.3 is 5.97 Å². The third-order valence-electron chi connectivity index (χ3n) is 2.65. The quantitative estimate of drug-likeness (QED) is 0.615. The molecule has 0 aliphatic carbocycles. The van der Waals surface area contributed by atoms with E-state index in [-0.39, 0.29) is 23.8 Å². The number of rotatable bonds is 2. The van der Waals surface area contributed by atoms with E-state index in [1.807, 2.05) is 20.8 Å². The topological polar surface area (TPSA) is 66.4 Å². The maximum Gasteiger partial charge on any atom is 0.316 e. The Hall–Kier alpha value is -1.06. The number of hydrogen-bond acceptors (Lipinski definition) is 2. The fourth-order valence-corrected chi connectivity index (χ4v) is 2.11. The number of carboxylic acid groups (broad SMARTS) is 1. The van der Waals surface area contributed by atoms with E-state index in [9.17, 15) is 9.59 Å². The molecule has 0 spiro atoms. The van der Waals surface area contributed by atoms with Gasteiger partial charge in [0.05, 0.1) is 0 Å². The van der Waals surface area contributed by atoms with Crippen LogP contribution in [0.1, 0.15) is 20.8 Å². The molecule has 1 amide bonds. The van der Waals surface area contributed by atoms with Crippen LogP contribution in [-0.2, 0) is 9.59 Å². The van der Waals surface area contributed by atoms with E-state index < -0.39 is 11.9 Å². The summed E-state index contributed by atoms with van der Waals surface area (Å²) in [5, 5.41) is 11.5. The van der Waals surface area contributed by atoms with E-state index in [0.717, 1.165) is 0 Å². The molecule has 0 aromatic heterocycles. The molecule has 1 fully saturated rings. The Morgan fingerprint density at radius 2 is 2.08 bits per heavy atom. The molecule has 1 heterocycles. The second kappa shape index (κ2) is 3.36. The van der Waals surface area contributed by atoms with Gasteiger partial charge in [0.2, 0.25) is 5.91 Å². The van der Waals surface area contributed by atoms with Gasteiger partial charge in [0, 0.05) is 12.0 Å². The zero-order chi connectivity index (χ0) is 10.2. The Labute approximate surface area is 77.3 Å². The van der Waals surface area contributed by atoms with Gasteiger partial charge in [0.15, 0.2) is 0 Å². The largest absolute Gasteiger partial charge is 0.481 e. The molecule has 0 aromatic rings. The molecule has 2 N–H and O–H groups in total. The van der Waals surface area contributed by atoms with E-state index in [2.05, 4.69) is 5.32 Å². The van der Waals surface area contributed by atoms with Gasteiger partial charge in [-0.25, -0.2) is 0 Å². The zero-order valence-corrected chi connectivity index (χ0v) is 8.07. The van der Waals surface area contributed by atoms with Gasteiger partial charge < -0.3 is 10.4 Å². The molecule has 4 nitrogen and oxygen atoms in total. The number of carbonyl (C=O) groups excluding carboxylic acids is 1. The van der Waals surface area contributed by atoms with Crippen molar-refractivity contribution < 1.29 is 14.7 Å². The average Bonchev–Trinajstić information content (AvgIpc) is 2.24. The lowest BCUT2D eigenvalue weighted by atomic mass is 9.82. The summed E-state index contributed by atoms with van der Waals surface area (Å²) in [4.78, 5) is 22.1. The minimum atomic E-state index is -1.01. The number of carboxylic acids is 1. The minimum absolute atomic E-state index is 0.0337. The maximum absolute atomic E-state index is 11.2. The van der Waals surface area contributed by atoms with Crippen molar-refractivity contribution in [1.82, 2.24) is 5.32 Å². The van der Waals surface area contributed by atoms with Crippen LogP contribution in [0.25, 0.3) is 0 Å². The van der Waals surface area contributed by atoms with Crippen LogP contribution in [0.2, 0.25) is 0 Å². The van der Waals surface area contributed by atoms with Crippen molar-refractivity contribution in [2.24, 2.45) is 17.8 Å². The van der Waals surface area contributed by atoms with Crippen LogP contribution in [-0.4, -0.2) is 23.0 Å². The van der Waals surface area contributed by atoms with Crippen LogP contribution in [0.3, 0.4) is 0 Å².